The third kappa shape index (κ3) is 2.19. The lowest BCUT2D eigenvalue weighted by molar-refractivity contribution is 0.426. The molecule has 3 aliphatic heterocycles. The summed E-state index contributed by atoms with van der Waals surface area (Å²) in [4.78, 5) is 6.70. The van der Waals surface area contributed by atoms with Gasteiger partial charge in [-0.3, -0.25) is 0 Å². The monoisotopic (exact) mass is 287 g/mol. The van der Waals surface area contributed by atoms with Gasteiger partial charge in [-0.2, -0.15) is 0 Å². The minimum atomic E-state index is 0.606. The number of fused-ring (bicyclic) bond motifs is 4. The smallest absolute Gasteiger partial charge is 0.151 e. The standard InChI is InChI=1S/C14H17N5S/c1-2-11-5-6-15-10(1)9-19(11)13-4-3-12(17-18-13)14-16-7-8-20-14/h3-4,7-8,10-11,15H,1-2,5-6,9H2. The van der Waals surface area contributed by atoms with Crippen molar-refractivity contribution in [1.82, 2.24) is 20.5 Å². The maximum absolute atomic E-state index is 4.43. The minimum Gasteiger partial charge on any atom is -0.351 e. The van der Waals surface area contributed by atoms with Gasteiger partial charge in [-0.05, 0) is 37.9 Å². The highest BCUT2D eigenvalue weighted by molar-refractivity contribution is 7.13. The van der Waals surface area contributed by atoms with Crippen LogP contribution in [0.2, 0.25) is 0 Å². The summed E-state index contributed by atoms with van der Waals surface area (Å²) in [6, 6.07) is 5.34. The summed E-state index contributed by atoms with van der Waals surface area (Å²) in [5.41, 5.74) is 0.863. The molecule has 0 aliphatic carbocycles. The predicted molar refractivity (Wildman–Crippen MR) is 79.9 cm³/mol. The number of piperidine rings is 1. The van der Waals surface area contributed by atoms with Gasteiger partial charge in [0.2, 0.25) is 0 Å². The molecule has 0 amide bonds. The molecule has 0 aromatic carbocycles. The van der Waals surface area contributed by atoms with Gasteiger partial charge in [0.15, 0.2) is 5.82 Å². The first-order chi connectivity index (χ1) is 9.90. The molecule has 6 heteroatoms. The van der Waals surface area contributed by atoms with Crippen LogP contribution in [-0.2, 0) is 0 Å². The van der Waals surface area contributed by atoms with Gasteiger partial charge in [0.25, 0.3) is 0 Å². The van der Waals surface area contributed by atoms with E-state index >= 15 is 0 Å². The number of hydrogen-bond donors (Lipinski definition) is 1. The van der Waals surface area contributed by atoms with Crippen LogP contribution in [0.25, 0.3) is 10.7 Å². The lowest BCUT2D eigenvalue weighted by Gasteiger charge is -2.36. The van der Waals surface area contributed by atoms with E-state index in [1.54, 1.807) is 17.5 Å². The number of rotatable bonds is 2. The predicted octanol–water partition coefficient (Wildman–Crippen LogP) is 1.93. The molecule has 2 unspecified atom stereocenters. The van der Waals surface area contributed by atoms with E-state index in [9.17, 15) is 0 Å². The average molecular weight is 287 g/mol. The number of anilines is 1. The van der Waals surface area contributed by atoms with Crippen LogP contribution in [0.15, 0.2) is 23.7 Å². The lowest BCUT2D eigenvalue weighted by atomic mass is 9.99. The molecule has 20 heavy (non-hydrogen) atoms. The van der Waals surface area contributed by atoms with E-state index in [0.717, 1.165) is 29.6 Å². The molecular formula is C14H17N5S. The number of nitrogens with zero attached hydrogens (tertiary/aromatic N) is 4. The fraction of sp³-hybridized carbons (Fsp3) is 0.500. The molecule has 3 saturated heterocycles. The van der Waals surface area contributed by atoms with E-state index in [0.29, 0.717) is 12.1 Å². The Labute approximate surface area is 122 Å². The molecule has 3 fully saturated rings. The molecule has 0 radical (unpaired) electrons. The molecule has 2 bridgehead atoms. The van der Waals surface area contributed by atoms with Crippen molar-refractivity contribution >= 4 is 17.2 Å². The van der Waals surface area contributed by atoms with Gasteiger partial charge in [-0.25, -0.2) is 4.98 Å². The second kappa shape index (κ2) is 5.10. The lowest BCUT2D eigenvalue weighted by Crippen LogP contribution is -2.46. The summed E-state index contributed by atoms with van der Waals surface area (Å²) in [6.07, 6.45) is 5.54. The third-order valence-corrected chi connectivity index (χ3v) is 5.01. The molecule has 5 rings (SSSR count). The van der Waals surface area contributed by atoms with Crippen LogP contribution in [0, 0.1) is 0 Å². The topological polar surface area (TPSA) is 53.9 Å². The Kier molecular flexibility index (Phi) is 3.12. The maximum Gasteiger partial charge on any atom is 0.151 e. The van der Waals surface area contributed by atoms with Crippen LogP contribution in [0.5, 0.6) is 0 Å². The van der Waals surface area contributed by atoms with E-state index in [-0.39, 0.29) is 0 Å². The van der Waals surface area contributed by atoms with Crippen molar-refractivity contribution in [2.75, 3.05) is 18.0 Å². The highest BCUT2D eigenvalue weighted by Crippen LogP contribution is 2.28. The molecule has 5 heterocycles. The largest absolute Gasteiger partial charge is 0.351 e. The first-order valence-corrected chi connectivity index (χ1v) is 8.02. The zero-order valence-corrected chi connectivity index (χ0v) is 12.0. The molecule has 5 nitrogen and oxygen atoms in total. The third-order valence-electron chi connectivity index (χ3n) is 4.21. The Morgan fingerprint density at radius 3 is 3.00 bits per heavy atom. The molecule has 1 N–H and O–H groups in total. The molecule has 0 spiro atoms. The van der Waals surface area contributed by atoms with Crippen molar-refractivity contribution in [2.45, 2.75) is 31.3 Å². The summed E-state index contributed by atoms with van der Waals surface area (Å²) < 4.78 is 0. The summed E-state index contributed by atoms with van der Waals surface area (Å²) in [6.45, 7) is 2.17. The highest BCUT2D eigenvalue weighted by Gasteiger charge is 2.31. The minimum absolute atomic E-state index is 0.606. The molecule has 2 aromatic heterocycles. The van der Waals surface area contributed by atoms with E-state index in [1.165, 1.54) is 19.3 Å². The molecule has 104 valence electrons. The van der Waals surface area contributed by atoms with Crippen LogP contribution >= 0.6 is 11.3 Å². The Bertz CT molecular complexity index is 564. The SMILES string of the molecule is c1csc(-c2ccc(N3CC4CCC3CCN4)nn2)n1. The highest BCUT2D eigenvalue weighted by atomic mass is 32.1. The van der Waals surface area contributed by atoms with Gasteiger partial charge in [0.1, 0.15) is 10.7 Å². The van der Waals surface area contributed by atoms with Crippen molar-refractivity contribution < 1.29 is 0 Å². The number of aromatic nitrogens is 3. The summed E-state index contributed by atoms with van der Waals surface area (Å²) in [5, 5.41) is 15.3. The molecule has 2 atom stereocenters. The van der Waals surface area contributed by atoms with Gasteiger partial charge in [-0.15, -0.1) is 21.5 Å². The van der Waals surface area contributed by atoms with Gasteiger partial charge in [0.05, 0.1) is 0 Å². The van der Waals surface area contributed by atoms with Crippen LogP contribution in [0.1, 0.15) is 19.3 Å². The fourth-order valence-corrected chi connectivity index (χ4v) is 3.77. The number of hydrogen-bond acceptors (Lipinski definition) is 6. The molecule has 2 aromatic rings. The number of thiazole rings is 1. The molecule has 3 aliphatic rings. The van der Waals surface area contributed by atoms with Crippen LogP contribution in [-0.4, -0.2) is 40.4 Å². The second-order valence-corrected chi connectivity index (χ2v) is 6.33. The maximum atomic E-state index is 4.43. The van der Waals surface area contributed by atoms with Crippen molar-refractivity contribution in [1.29, 1.82) is 0 Å². The first kappa shape index (κ1) is 12.2. The Hall–Kier alpha value is -1.53. The number of nitrogens with one attached hydrogen (secondary N) is 1. The van der Waals surface area contributed by atoms with E-state index in [1.807, 2.05) is 11.4 Å². The van der Waals surface area contributed by atoms with Gasteiger partial charge >= 0.3 is 0 Å². The van der Waals surface area contributed by atoms with Crippen molar-refractivity contribution in [3.63, 3.8) is 0 Å². The van der Waals surface area contributed by atoms with Crippen LogP contribution in [0.3, 0.4) is 0 Å². The Morgan fingerprint density at radius 2 is 2.20 bits per heavy atom. The van der Waals surface area contributed by atoms with Crippen molar-refractivity contribution in [2.24, 2.45) is 0 Å². The zero-order chi connectivity index (χ0) is 13.4. The van der Waals surface area contributed by atoms with E-state index < -0.39 is 0 Å². The normalized spacial score (nSPS) is 25.7. The van der Waals surface area contributed by atoms with Gasteiger partial charge in [0, 0.05) is 30.2 Å². The van der Waals surface area contributed by atoms with Crippen molar-refractivity contribution in [3.05, 3.63) is 23.7 Å². The summed E-state index contributed by atoms with van der Waals surface area (Å²) >= 11 is 1.60. The zero-order valence-electron chi connectivity index (χ0n) is 11.2. The van der Waals surface area contributed by atoms with E-state index in [4.69, 9.17) is 0 Å². The van der Waals surface area contributed by atoms with Crippen LogP contribution in [0.4, 0.5) is 5.82 Å². The first-order valence-electron chi connectivity index (χ1n) is 7.14. The average Bonchev–Trinajstić information content (AvgIpc) is 2.85. The molecular weight excluding hydrogens is 270 g/mol. The van der Waals surface area contributed by atoms with Crippen LogP contribution < -0.4 is 10.2 Å². The summed E-state index contributed by atoms with van der Waals surface area (Å²) in [5.74, 6) is 1.00. The quantitative estimate of drug-likeness (QED) is 0.914. The Morgan fingerprint density at radius 1 is 1.20 bits per heavy atom. The molecule has 0 saturated carbocycles. The second-order valence-electron chi connectivity index (χ2n) is 5.44. The fourth-order valence-electron chi connectivity index (χ4n) is 3.17. The van der Waals surface area contributed by atoms with Gasteiger partial charge < -0.3 is 10.2 Å². The van der Waals surface area contributed by atoms with E-state index in [2.05, 4.69) is 31.5 Å². The van der Waals surface area contributed by atoms with Gasteiger partial charge in [-0.1, -0.05) is 0 Å². The summed E-state index contributed by atoms with van der Waals surface area (Å²) in [7, 11) is 0. The Balaban J connectivity index is 1.59. The van der Waals surface area contributed by atoms with Crippen molar-refractivity contribution in [3.8, 4) is 10.7 Å².